The third-order valence-corrected chi connectivity index (χ3v) is 2.67. The fraction of sp³-hybridized carbons (Fsp3) is 0.833. The smallest absolute Gasteiger partial charge is 0.0698 e. The Morgan fingerprint density at radius 2 is 2.20 bits per heavy atom. The van der Waals surface area contributed by atoms with Gasteiger partial charge in [0.05, 0.1) is 19.8 Å². The molecule has 1 rings (SSSR count). The van der Waals surface area contributed by atoms with Crippen molar-refractivity contribution in [2.24, 2.45) is 0 Å². The number of aliphatic hydroxyl groups is 1. The minimum Gasteiger partial charge on any atom is -0.394 e. The molecule has 15 heavy (non-hydrogen) atoms. The predicted molar refractivity (Wildman–Crippen MR) is 61.9 cm³/mol. The molecule has 0 amide bonds. The van der Waals surface area contributed by atoms with E-state index in [-0.39, 0.29) is 6.61 Å². The molecule has 0 saturated carbocycles. The molecule has 0 heterocycles. The second kappa shape index (κ2) is 8.89. The minimum absolute atomic E-state index is 0.118. The summed E-state index contributed by atoms with van der Waals surface area (Å²) in [7, 11) is 0. The molecule has 1 aliphatic carbocycles. The van der Waals surface area contributed by atoms with Crippen molar-refractivity contribution < 1.29 is 9.84 Å². The van der Waals surface area contributed by atoms with Crippen LogP contribution in [0.4, 0.5) is 0 Å². The number of aliphatic hydroxyl groups excluding tert-OH is 1. The number of nitrogens with one attached hydrogen (secondary N) is 1. The molecule has 0 aromatic heterocycles. The maximum absolute atomic E-state index is 8.49. The Labute approximate surface area is 92.5 Å². The fourth-order valence-corrected chi connectivity index (χ4v) is 1.82. The van der Waals surface area contributed by atoms with Crippen LogP contribution in [0.15, 0.2) is 11.6 Å². The lowest BCUT2D eigenvalue weighted by atomic mass is 9.97. The summed E-state index contributed by atoms with van der Waals surface area (Å²) in [5, 5.41) is 11.8. The molecular formula is C12H23NO2. The highest BCUT2D eigenvalue weighted by Gasteiger charge is 2.02. The van der Waals surface area contributed by atoms with E-state index in [0.717, 1.165) is 13.1 Å². The fourth-order valence-electron chi connectivity index (χ4n) is 1.82. The molecule has 0 fully saturated rings. The molecule has 1 aliphatic rings. The monoisotopic (exact) mass is 213 g/mol. The van der Waals surface area contributed by atoms with Gasteiger partial charge in [0, 0.05) is 6.54 Å². The molecule has 88 valence electrons. The second-order valence-corrected chi connectivity index (χ2v) is 3.94. The Morgan fingerprint density at radius 3 is 2.93 bits per heavy atom. The van der Waals surface area contributed by atoms with E-state index in [4.69, 9.17) is 9.84 Å². The minimum atomic E-state index is 0.118. The number of allylic oxidation sites excluding steroid dienone is 1. The van der Waals surface area contributed by atoms with Crippen LogP contribution in [0.2, 0.25) is 0 Å². The van der Waals surface area contributed by atoms with E-state index in [9.17, 15) is 0 Å². The van der Waals surface area contributed by atoms with Crippen LogP contribution in [0.5, 0.6) is 0 Å². The van der Waals surface area contributed by atoms with E-state index in [2.05, 4.69) is 11.4 Å². The Hall–Kier alpha value is -0.380. The highest BCUT2D eigenvalue weighted by atomic mass is 16.5. The first-order chi connectivity index (χ1) is 7.43. The van der Waals surface area contributed by atoms with Crippen LogP contribution in [0.25, 0.3) is 0 Å². The molecule has 0 radical (unpaired) electrons. The van der Waals surface area contributed by atoms with Gasteiger partial charge in [0.25, 0.3) is 0 Å². The van der Waals surface area contributed by atoms with Crippen molar-refractivity contribution in [2.45, 2.75) is 32.1 Å². The summed E-state index contributed by atoms with van der Waals surface area (Å²) in [4.78, 5) is 0. The van der Waals surface area contributed by atoms with Crippen LogP contribution in [-0.4, -0.2) is 38.0 Å². The van der Waals surface area contributed by atoms with Crippen LogP contribution >= 0.6 is 0 Å². The number of ether oxygens (including phenoxy) is 1. The summed E-state index contributed by atoms with van der Waals surface area (Å²) < 4.78 is 5.15. The number of hydrogen-bond donors (Lipinski definition) is 2. The first-order valence-corrected chi connectivity index (χ1v) is 6.00. The number of rotatable bonds is 8. The van der Waals surface area contributed by atoms with Crippen LogP contribution in [-0.2, 0) is 4.74 Å². The molecular weight excluding hydrogens is 190 g/mol. The maximum Gasteiger partial charge on any atom is 0.0698 e. The van der Waals surface area contributed by atoms with Crippen LogP contribution in [0.1, 0.15) is 32.1 Å². The Balaban J connectivity index is 1.86. The molecule has 0 unspecified atom stereocenters. The molecule has 0 aliphatic heterocycles. The quantitative estimate of drug-likeness (QED) is 0.474. The second-order valence-electron chi connectivity index (χ2n) is 3.94. The highest BCUT2D eigenvalue weighted by molar-refractivity contribution is 5.04. The molecule has 0 spiro atoms. The Bertz CT molecular complexity index is 180. The lowest BCUT2D eigenvalue weighted by Crippen LogP contribution is -2.22. The zero-order valence-corrected chi connectivity index (χ0v) is 9.50. The van der Waals surface area contributed by atoms with E-state index >= 15 is 0 Å². The van der Waals surface area contributed by atoms with E-state index in [1.54, 1.807) is 5.57 Å². The first-order valence-electron chi connectivity index (χ1n) is 6.00. The lowest BCUT2D eigenvalue weighted by molar-refractivity contribution is 0.0940. The molecule has 3 heteroatoms. The van der Waals surface area contributed by atoms with Gasteiger partial charge in [-0.15, -0.1) is 0 Å². The first kappa shape index (κ1) is 12.7. The summed E-state index contributed by atoms with van der Waals surface area (Å²) >= 11 is 0. The third-order valence-electron chi connectivity index (χ3n) is 2.67. The molecule has 0 bridgehead atoms. The van der Waals surface area contributed by atoms with Gasteiger partial charge in [-0.1, -0.05) is 11.6 Å². The average Bonchev–Trinajstić information content (AvgIpc) is 2.29. The molecule has 0 aromatic carbocycles. The van der Waals surface area contributed by atoms with Gasteiger partial charge in [0.2, 0.25) is 0 Å². The van der Waals surface area contributed by atoms with Crippen molar-refractivity contribution in [1.82, 2.24) is 5.32 Å². The van der Waals surface area contributed by atoms with Gasteiger partial charge in [-0.05, 0) is 38.6 Å². The van der Waals surface area contributed by atoms with Gasteiger partial charge in [0.1, 0.15) is 0 Å². The van der Waals surface area contributed by atoms with Crippen molar-refractivity contribution in [3.63, 3.8) is 0 Å². The van der Waals surface area contributed by atoms with E-state index in [1.807, 2.05) is 0 Å². The van der Waals surface area contributed by atoms with Gasteiger partial charge in [-0.2, -0.15) is 0 Å². The van der Waals surface area contributed by atoms with Crippen molar-refractivity contribution in [1.29, 1.82) is 0 Å². The van der Waals surface area contributed by atoms with Crippen LogP contribution in [0, 0.1) is 0 Å². The largest absolute Gasteiger partial charge is 0.394 e. The molecule has 2 N–H and O–H groups in total. The third kappa shape index (κ3) is 6.66. The summed E-state index contributed by atoms with van der Waals surface area (Å²) in [5.41, 5.74) is 1.62. The number of hydrogen-bond acceptors (Lipinski definition) is 3. The zero-order chi connectivity index (χ0) is 10.8. The van der Waals surface area contributed by atoms with E-state index < -0.39 is 0 Å². The van der Waals surface area contributed by atoms with Gasteiger partial charge in [-0.25, -0.2) is 0 Å². The highest BCUT2D eigenvalue weighted by Crippen LogP contribution is 2.19. The van der Waals surface area contributed by atoms with E-state index in [1.165, 1.54) is 32.1 Å². The van der Waals surface area contributed by atoms with Gasteiger partial charge in [-0.3, -0.25) is 0 Å². The van der Waals surface area contributed by atoms with Gasteiger partial charge >= 0.3 is 0 Å². The summed E-state index contributed by atoms with van der Waals surface area (Å²) in [6.45, 7) is 3.20. The molecule has 0 saturated heterocycles. The van der Waals surface area contributed by atoms with Crippen molar-refractivity contribution in [3.05, 3.63) is 11.6 Å². The molecule has 0 aromatic rings. The standard InChI is InChI=1S/C12H23NO2/c14-9-11-15-10-8-13-7-6-12-4-2-1-3-5-12/h4,13-14H,1-3,5-11H2. The Morgan fingerprint density at radius 1 is 1.27 bits per heavy atom. The predicted octanol–water partition coefficient (Wildman–Crippen LogP) is 1.48. The molecule has 3 nitrogen and oxygen atoms in total. The van der Waals surface area contributed by atoms with E-state index in [0.29, 0.717) is 13.2 Å². The normalized spacial score (nSPS) is 16.5. The van der Waals surface area contributed by atoms with Crippen LogP contribution in [0.3, 0.4) is 0 Å². The van der Waals surface area contributed by atoms with Crippen molar-refractivity contribution in [2.75, 3.05) is 32.9 Å². The van der Waals surface area contributed by atoms with Crippen molar-refractivity contribution >= 4 is 0 Å². The van der Waals surface area contributed by atoms with Gasteiger partial charge in [0.15, 0.2) is 0 Å². The summed E-state index contributed by atoms with van der Waals surface area (Å²) in [6.07, 6.45) is 8.88. The SMILES string of the molecule is OCCOCCNCCC1=CCCCC1. The van der Waals surface area contributed by atoms with Crippen molar-refractivity contribution in [3.8, 4) is 0 Å². The Kier molecular flexibility index (Phi) is 7.52. The van der Waals surface area contributed by atoms with Crippen LogP contribution < -0.4 is 5.32 Å². The average molecular weight is 213 g/mol. The summed E-state index contributed by atoms with van der Waals surface area (Å²) in [6, 6.07) is 0. The van der Waals surface area contributed by atoms with Gasteiger partial charge < -0.3 is 15.2 Å². The molecule has 0 atom stereocenters. The lowest BCUT2D eigenvalue weighted by Gasteiger charge is -2.12. The topological polar surface area (TPSA) is 41.5 Å². The summed E-state index contributed by atoms with van der Waals surface area (Å²) in [5.74, 6) is 0. The zero-order valence-electron chi connectivity index (χ0n) is 9.50. The maximum atomic E-state index is 8.49.